The second-order valence-corrected chi connectivity index (χ2v) is 9.30. The standard InChI is InChI=1S/C22H26FN3O6S/c1-15-12-17(8-9-18(15)23)33(29,30)26-10-5-11-32-20(26)14-25-22(28)21(27)24-13-16-6-3-4-7-19(16)31-2/h3-4,6-9,12,20H,5,10-11,13-14H2,1-2H3,(H,24,27)(H,25,28). The van der Waals surface area contributed by atoms with Gasteiger partial charge in [0.1, 0.15) is 17.8 Å². The highest BCUT2D eigenvalue weighted by Crippen LogP contribution is 2.23. The molecule has 11 heteroatoms. The number of nitrogens with one attached hydrogen (secondary N) is 2. The van der Waals surface area contributed by atoms with Gasteiger partial charge in [-0.2, -0.15) is 4.31 Å². The number of methoxy groups -OCH3 is 1. The highest BCUT2D eigenvalue weighted by Gasteiger charge is 2.35. The van der Waals surface area contributed by atoms with Gasteiger partial charge in [0.25, 0.3) is 0 Å². The predicted octanol–water partition coefficient (Wildman–Crippen LogP) is 1.31. The third-order valence-electron chi connectivity index (χ3n) is 5.17. The van der Waals surface area contributed by atoms with Crippen molar-refractivity contribution in [3.8, 4) is 5.75 Å². The maximum Gasteiger partial charge on any atom is 0.309 e. The van der Waals surface area contributed by atoms with Crippen LogP contribution < -0.4 is 15.4 Å². The summed E-state index contributed by atoms with van der Waals surface area (Å²) in [6, 6.07) is 10.6. The highest BCUT2D eigenvalue weighted by molar-refractivity contribution is 7.89. The van der Waals surface area contributed by atoms with E-state index in [0.717, 1.165) is 10.4 Å². The molecule has 178 valence electrons. The molecule has 33 heavy (non-hydrogen) atoms. The van der Waals surface area contributed by atoms with Gasteiger partial charge in [-0.1, -0.05) is 18.2 Å². The number of carbonyl (C=O) groups is 2. The number of para-hydroxylation sites is 1. The van der Waals surface area contributed by atoms with Crippen LogP contribution in [0.2, 0.25) is 0 Å². The third kappa shape index (κ3) is 5.86. The molecule has 1 aliphatic heterocycles. The number of amides is 2. The first kappa shape index (κ1) is 24.6. The topological polar surface area (TPSA) is 114 Å². The fourth-order valence-electron chi connectivity index (χ4n) is 3.38. The predicted molar refractivity (Wildman–Crippen MR) is 117 cm³/mol. The number of benzene rings is 2. The molecule has 1 heterocycles. The Morgan fingerprint density at radius 3 is 2.64 bits per heavy atom. The van der Waals surface area contributed by atoms with E-state index in [1.807, 2.05) is 0 Å². The second-order valence-electron chi connectivity index (χ2n) is 7.41. The number of halogens is 1. The molecule has 2 aromatic carbocycles. The maximum absolute atomic E-state index is 13.6. The zero-order valence-corrected chi connectivity index (χ0v) is 19.2. The lowest BCUT2D eigenvalue weighted by Crippen LogP contribution is -2.53. The van der Waals surface area contributed by atoms with Crippen molar-refractivity contribution in [3.05, 3.63) is 59.4 Å². The van der Waals surface area contributed by atoms with Crippen molar-refractivity contribution in [2.45, 2.75) is 31.0 Å². The van der Waals surface area contributed by atoms with Crippen LogP contribution in [-0.4, -0.2) is 57.6 Å². The van der Waals surface area contributed by atoms with Crippen molar-refractivity contribution in [3.63, 3.8) is 0 Å². The Balaban J connectivity index is 1.62. The van der Waals surface area contributed by atoms with Crippen LogP contribution in [0, 0.1) is 12.7 Å². The van der Waals surface area contributed by atoms with Gasteiger partial charge in [0.15, 0.2) is 0 Å². The van der Waals surface area contributed by atoms with E-state index in [0.29, 0.717) is 24.3 Å². The Morgan fingerprint density at radius 2 is 1.91 bits per heavy atom. The summed E-state index contributed by atoms with van der Waals surface area (Å²) in [7, 11) is -2.49. The van der Waals surface area contributed by atoms with Gasteiger partial charge in [-0.25, -0.2) is 12.8 Å². The summed E-state index contributed by atoms with van der Waals surface area (Å²) in [5.41, 5.74) is 0.897. The minimum Gasteiger partial charge on any atom is -0.496 e. The van der Waals surface area contributed by atoms with E-state index in [2.05, 4.69) is 10.6 Å². The Kier molecular flexibility index (Phi) is 8.01. The average molecular weight is 480 g/mol. The smallest absolute Gasteiger partial charge is 0.309 e. The number of hydrogen-bond donors (Lipinski definition) is 2. The number of sulfonamides is 1. The summed E-state index contributed by atoms with van der Waals surface area (Å²) in [4.78, 5) is 24.4. The molecule has 1 fully saturated rings. The lowest BCUT2D eigenvalue weighted by Gasteiger charge is -2.34. The van der Waals surface area contributed by atoms with Crippen LogP contribution in [0.1, 0.15) is 17.5 Å². The summed E-state index contributed by atoms with van der Waals surface area (Å²) < 4.78 is 51.6. The molecule has 0 spiro atoms. The van der Waals surface area contributed by atoms with Crippen LogP contribution in [0.5, 0.6) is 5.75 Å². The molecule has 0 radical (unpaired) electrons. The van der Waals surface area contributed by atoms with Crippen molar-refractivity contribution in [2.24, 2.45) is 0 Å². The lowest BCUT2D eigenvalue weighted by molar-refractivity contribution is -0.140. The molecule has 0 aromatic heterocycles. The molecule has 2 aromatic rings. The molecule has 0 saturated carbocycles. The van der Waals surface area contributed by atoms with Crippen molar-refractivity contribution in [1.82, 2.24) is 14.9 Å². The average Bonchev–Trinajstić information content (AvgIpc) is 2.82. The van der Waals surface area contributed by atoms with Gasteiger partial charge < -0.3 is 20.1 Å². The third-order valence-corrected chi connectivity index (χ3v) is 7.05. The molecular weight excluding hydrogens is 453 g/mol. The molecule has 1 atom stereocenters. The van der Waals surface area contributed by atoms with E-state index in [4.69, 9.17) is 9.47 Å². The summed E-state index contributed by atoms with van der Waals surface area (Å²) in [6.07, 6.45) is -0.538. The summed E-state index contributed by atoms with van der Waals surface area (Å²) >= 11 is 0. The SMILES string of the molecule is COc1ccccc1CNC(=O)C(=O)NCC1OCCCN1S(=O)(=O)c1ccc(F)c(C)c1. The molecule has 2 N–H and O–H groups in total. The molecule has 9 nitrogen and oxygen atoms in total. The van der Waals surface area contributed by atoms with Gasteiger partial charge in [0.05, 0.1) is 25.2 Å². The Labute approximate surface area is 191 Å². The number of hydrogen-bond acceptors (Lipinski definition) is 6. The molecule has 1 unspecified atom stereocenters. The van der Waals surface area contributed by atoms with Crippen molar-refractivity contribution in [2.75, 3.05) is 26.8 Å². The van der Waals surface area contributed by atoms with E-state index in [9.17, 15) is 22.4 Å². The molecule has 1 saturated heterocycles. The van der Waals surface area contributed by atoms with Crippen molar-refractivity contribution in [1.29, 1.82) is 0 Å². The van der Waals surface area contributed by atoms with E-state index < -0.39 is 33.9 Å². The lowest BCUT2D eigenvalue weighted by atomic mass is 10.2. The second kappa shape index (κ2) is 10.7. The van der Waals surface area contributed by atoms with E-state index in [1.165, 1.54) is 26.2 Å². The number of aryl methyl sites for hydroxylation is 1. The van der Waals surface area contributed by atoms with Gasteiger partial charge in [-0.05, 0) is 43.2 Å². The highest BCUT2D eigenvalue weighted by atomic mass is 32.2. The van der Waals surface area contributed by atoms with Crippen LogP contribution in [-0.2, 0) is 30.9 Å². The summed E-state index contributed by atoms with van der Waals surface area (Å²) in [6.45, 7) is 1.80. The molecule has 1 aliphatic rings. The van der Waals surface area contributed by atoms with Gasteiger partial charge in [-0.15, -0.1) is 0 Å². The number of carbonyl (C=O) groups excluding carboxylic acids is 2. The first-order valence-electron chi connectivity index (χ1n) is 10.3. The van der Waals surface area contributed by atoms with E-state index in [1.54, 1.807) is 24.3 Å². The van der Waals surface area contributed by atoms with Crippen LogP contribution >= 0.6 is 0 Å². The van der Waals surface area contributed by atoms with Crippen molar-refractivity contribution < 1.29 is 31.9 Å². The molecular formula is C22H26FN3O6S. The summed E-state index contributed by atoms with van der Waals surface area (Å²) in [5.74, 6) is -1.73. The largest absolute Gasteiger partial charge is 0.496 e. The monoisotopic (exact) mass is 479 g/mol. The van der Waals surface area contributed by atoms with Crippen LogP contribution in [0.4, 0.5) is 4.39 Å². The maximum atomic E-state index is 13.6. The Hall–Kier alpha value is -3.02. The molecule has 0 aliphatic carbocycles. The number of rotatable bonds is 7. The number of nitrogens with zero attached hydrogens (tertiary/aromatic N) is 1. The Bertz CT molecular complexity index is 1120. The minimum atomic E-state index is -4.00. The van der Waals surface area contributed by atoms with Crippen LogP contribution in [0.15, 0.2) is 47.4 Å². The zero-order valence-electron chi connectivity index (χ0n) is 18.3. The fraction of sp³-hybridized carbons (Fsp3) is 0.364. The zero-order chi connectivity index (χ0) is 24.0. The van der Waals surface area contributed by atoms with Crippen LogP contribution in [0.25, 0.3) is 0 Å². The Morgan fingerprint density at radius 1 is 1.18 bits per heavy atom. The quantitative estimate of drug-likeness (QED) is 0.579. The normalized spacial score (nSPS) is 16.8. The van der Waals surface area contributed by atoms with Gasteiger partial charge in [0.2, 0.25) is 10.0 Å². The van der Waals surface area contributed by atoms with Crippen LogP contribution in [0.3, 0.4) is 0 Å². The first-order chi connectivity index (χ1) is 15.7. The summed E-state index contributed by atoms with van der Waals surface area (Å²) in [5, 5.41) is 4.92. The van der Waals surface area contributed by atoms with Gasteiger partial charge >= 0.3 is 11.8 Å². The number of ether oxygens (including phenoxy) is 2. The van der Waals surface area contributed by atoms with Gasteiger partial charge in [0, 0.05) is 18.7 Å². The van der Waals surface area contributed by atoms with E-state index >= 15 is 0 Å². The van der Waals surface area contributed by atoms with Crippen molar-refractivity contribution >= 4 is 21.8 Å². The molecule has 2 amide bonds. The fourth-order valence-corrected chi connectivity index (χ4v) is 5.03. The molecule has 0 bridgehead atoms. The molecule has 3 rings (SSSR count). The minimum absolute atomic E-state index is 0.0715. The van der Waals surface area contributed by atoms with E-state index in [-0.39, 0.29) is 30.1 Å². The first-order valence-corrected chi connectivity index (χ1v) is 11.8. The van der Waals surface area contributed by atoms with Gasteiger partial charge in [-0.3, -0.25) is 9.59 Å².